The van der Waals surface area contributed by atoms with E-state index in [1.807, 2.05) is 17.8 Å². The van der Waals surface area contributed by atoms with E-state index in [2.05, 4.69) is 105 Å². The molecule has 2 aliphatic rings. The predicted molar refractivity (Wildman–Crippen MR) is 197 cm³/mol. The van der Waals surface area contributed by atoms with Crippen molar-refractivity contribution in [1.29, 1.82) is 0 Å². The van der Waals surface area contributed by atoms with Crippen LogP contribution in [-0.4, -0.2) is 92.1 Å². The molecule has 0 saturated heterocycles. The number of benzene rings is 1. The van der Waals surface area contributed by atoms with Gasteiger partial charge in [0, 0.05) is 47.9 Å². The van der Waals surface area contributed by atoms with Gasteiger partial charge in [-0.05, 0) is 37.7 Å². The maximum Gasteiger partial charge on any atom is 0.333 e. The molecule has 0 radical (unpaired) electrons. The fourth-order valence-electron chi connectivity index (χ4n) is 4.72. The first-order valence-corrected chi connectivity index (χ1v) is 17.5. The Morgan fingerprint density at radius 3 is 1.96 bits per heavy atom. The molecule has 0 spiro atoms. The molecule has 0 unspecified atom stereocenters. The van der Waals surface area contributed by atoms with Crippen molar-refractivity contribution < 1.29 is 19.1 Å². The van der Waals surface area contributed by atoms with Crippen LogP contribution in [-0.2, 0) is 24.8 Å². The molecule has 8 nitrogen and oxygen atoms in total. The molecular weight excluding hydrogens is 596 g/mol. The Kier molecular flexibility index (Phi) is 18.3. The van der Waals surface area contributed by atoms with E-state index in [0.717, 1.165) is 56.6 Å². The second kappa shape index (κ2) is 20.7. The van der Waals surface area contributed by atoms with Crippen LogP contribution in [0.4, 0.5) is 0 Å². The van der Waals surface area contributed by atoms with E-state index < -0.39 is 0 Å². The summed E-state index contributed by atoms with van der Waals surface area (Å²) >= 11 is 1.84. The van der Waals surface area contributed by atoms with Crippen molar-refractivity contribution in [2.45, 2.75) is 67.6 Å². The van der Waals surface area contributed by atoms with Gasteiger partial charge < -0.3 is 19.3 Å². The summed E-state index contributed by atoms with van der Waals surface area (Å²) in [6.07, 6.45) is 8.17. The van der Waals surface area contributed by atoms with E-state index in [0.29, 0.717) is 25.3 Å². The van der Waals surface area contributed by atoms with Crippen LogP contribution in [0, 0.1) is 10.8 Å². The van der Waals surface area contributed by atoms with Crippen LogP contribution in [0.15, 0.2) is 65.1 Å². The third-order valence-electron chi connectivity index (χ3n) is 6.80. The zero-order chi connectivity index (χ0) is 34.8. The molecule has 0 saturated carbocycles. The Balaban J connectivity index is 0.000000355. The highest BCUT2D eigenvalue weighted by molar-refractivity contribution is 7.97. The summed E-state index contributed by atoms with van der Waals surface area (Å²) in [5, 5.41) is 0. The third kappa shape index (κ3) is 15.8. The lowest BCUT2D eigenvalue weighted by atomic mass is 9.93. The lowest BCUT2D eigenvalue weighted by Crippen LogP contribution is -2.44. The second-order valence-electron chi connectivity index (χ2n) is 13.2. The summed E-state index contributed by atoms with van der Waals surface area (Å²) in [6.45, 7) is 29.5. The smallest absolute Gasteiger partial charge is 0.333 e. The predicted octanol–water partition coefficient (Wildman–Crippen LogP) is 7.31. The fraction of sp³-hybridized carbons (Fsp3) is 0.568. The van der Waals surface area contributed by atoms with Gasteiger partial charge in [0.15, 0.2) is 0 Å². The maximum atomic E-state index is 11.2. The lowest BCUT2D eigenvalue weighted by Gasteiger charge is -2.36. The summed E-state index contributed by atoms with van der Waals surface area (Å²) < 4.78 is 10.2. The molecule has 2 heterocycles. The number of hydrogen-bond donors (Lipinski definition) is 0. The van der Waals surface area contributed by atoms with Gasteiger partial charge in [0.05, 0.1) is 19.6 Å². The van der Waals surface area contributed by atoms with Crippen LogP contribution >= 0.6 is 11.8 Å². The minimum Gasteiger partial charge on any atom is -0.461 e. The van der Waals surface area contributed by atoms with E-state index >= 15 is 0 Å². The number of carbonyl (C=O) groups excluding carboxylic acids is 2. The first kappa shape index (κ1) is 40.7. The van der Waals surface area contributed by atoms with Gasteiger partial charge in [0.1, 0.15) is 24.9 Å². The highest BCUT2D eigenvalue weighted by atomic mass is 32.2. The SMILES string of the molecule is C/C=C/C(=O)OCCN1CCCN=C1C(C)(C)C.C=C(C)C(=O)OCCN1CCN=C1C(C)(C)C.C=Cc1ccc(CSC)cc1. The van der Waals surface area contributed by atoms with Crippen molar-refractivity contribution in [1.82, 2.24) is 9.80 Å². The lowest BCUT2D eigenvalue weighted by molar-refractivity contribution is -0.139. The molecule has 0 aliphatic carbocycles. The summed E-state index contributed by atoms with van der Waals surface area (Å²) in [5.41, 5.74) is 3.11. The van der Waals surface area contributed by atoms with Crippen LogP contribution in [0.2, 0.25) is 0 Å². The highest BCUT2D eigenvalue weighted by Crippen LogP contribution is 2.23. The fourth-order valence-corrected chi connectivity index (χ4v) is 5.25. The number of carbonyl (C=O) groups is 2. The summed E-state index contributed by atoms with van der Waals surface area (Å²) in [4.78, 5) is 36.0. The van der Waals surface area contributed by atoms with E-state index in [1.54, 1.807) is 19.9 Å². The van der Waals surface area contributed by atoms with Crippen LogP contribution in [0.3, 0.4) is 0 Å². The number of esters is 2. The first-order chi connectivity index (χ1) is 21.6. The number of rotatable bonds is 11. The third-order valence-corrected chi connectivity index (χ3v) is 7.42. The normalized spacial score (nSPS) is 14.7. The molecule has 3 rings (SSSR count). The molecule has 9 heteroatoms. The first-order valence-electron chi connectivity index (χ1n) is 16.1. The highest BCUT2D eigenvalue weighted by Gasteiger charge is 2.28. The van der Waals surface area contributed by atoms with Gasteiger partial charge >= 0.3 is 11.9 Å². The topological polar surface area (TPSA) is 83.8 Å². The number of hydrogen-bond acceptors (Lipinski definition) is 9. The Bertz CT molecular complexity index is 1210. The average molecular weight is 655 g/mol. The number of nitrogens with zero attached hydrogens (tertiary/aromatic N) is 4. The molecule has 0 amide bonds. The Morgan fingerprint density at radius 2 is 1.46 bits per heavy atom. The van der Waals surface area contributed by atoms with Crippen molar-refractivity contribution in [3.05, 3.63) is 66.3 Å². The Hall–Kier alpha value is -3.33. The van der Waals surface area contributed by atoms with Crippen molar-refractivity contribution >= 4 is 41.4 Å². The van der Waals surface area contributed by atoms with Gasteiger partial charge in [0.2, 0.25) is 0 Å². The molecule has 2 aliphatic heterocycles. The number of aliphatic imine (C=N–C) groups is 2. The van der Waals surface area contributed by atoms with Crippen LogP contribution in [0.25, 0.3) is 6.08 Å². The summed E-state index contributed by atoms with van der Waals surface area (Å²) in [5.74, 6) is 2.72. The molecule has 0 fully saturated rings. The molecule has 0 bridgehead atoms. The number of amidine groups is 2. The molecule has 256 valence electrons. The van der Waals surface area contributed by atoms with Gasteiger partial charge in [-0.2, -0.15) is 11.8 Å². The van der Waals surface area contributed by atoms with Gasteiger partial charge in [0.25, 0.3) is 0 Å². The van der Waals surface area contributed by atoms with E-state index in [1.165, 1.54) is 17.2 Å². The van der Waals surface area contributed by atoms with Gasteiger partial charge in [-0.1, -0.05) is 91.1 Å². The number of thioether (sulfide) groups is 1. The molecule has 0 aromatic heterocycles. The maximum absolute atomic E-state index is 11.2. The molecule has 0 atom stereocenters. The molecule has 1 aromatic carbocycles. The zero-order valence-corrected chi connectivity index (χ0v) is 30.7. The molecule has 46 heavy (non-hydrogen) atoms. The quantitative estimate of drug-likeness (QED) is 0.183. The Morgan fingerprint density at radius 1 is 0.913 bits per heavy atom. The van der Waals surface area contributed by atoms with Crippen LogP contribution in [0.1, 0.15) is 72.9 Å². The van der Waals surface area contributed by atoms with Crippen molar-refractivity contribution in [3.63, 3.8) is 0 Å². The Labute approximate surface area is 283 Å². The number of ether oxygens (including phenoxy) is 2. The van der Waals surface area contributed by atoms with Crippen molar-refractivity contribution in [2.75, 3.05) is 58.7 Å². The van der Waals surface area contributed by atoms with Crippen LogP contribution in [0.5, 0.6) is 0 Å². The van der Waals surface area contributed by atoms with Crippen molar-refractivity contribution in [3.8, 4) is 0 Å². The summed E-state index contributed by atoms with van der Waals surface area (Å²) in [7, 11) is 0. The average Bonchev–Trinajstić information content (AvgIpc) is 3.48. The molecule has 1 aromatic rings. The van der Waals surface area contributed by atoms with Gasteiger partial charge in [-0.15, -0.1) is 0 Å². The minimum absolute atomic E-state index is 0.0494. The molecule has 0 N–H and O–H groups in total. The second-order valence-corrected chi connectivity index (χ2v) is 14.1. The van der Waals surface area contributed by atoms with E-state index in [4.69, 9.17) is 9.47 Å². The largest absolute Gasteiger partial charge is 0.461 e. The minimum atomic E-state index is -0.321. The summed E-state index contributed by atoms with van der Waals surface area (Å²) in [6, 6.07) is 8.48. The standard InChI is InChI=1S/C14H24N2O2.C13H22N2O2.C10H12S/c1-5-7-12(17)18-11-10-16-9-6-8-15-13(16)14(2,3)4;1-10(2)11(16)17-9-8-15-7-6-14-12(15)13(3,4)5;1-3-9-4-6-10(7-5-9)8-11-2/h5,7H,6,8-11H2,1-4H3;1,6-9H2,2-5H3;3-7H,1,8H2,2H3/b7-5+;;. The number of allylic oxidation sites excluding steroid dienone is 1. The monoisotopic (exact) mass is 654 g/mol. The van der Waals surface area contributed by atoms with E-state index in [9.17, 15) is 9.59 Å². The van der Waals surface area contributed by atoms with Crippen LogP contribution < -0.4 is 0 Å². The zero-order valence-electron chi connectivity index (χ0n) is 29.9. The van der Waals surface area contributed by atoms with Crippen molar-refractivity contribution in [2.24, 2.45) is 20.8 Å². The van der Waals surface area contributed by atoms with E-state index in [-0.39, 0.29) is 22.8 Å². The van der Waals surface area contributed by atoms with Gasteiger partial charge in [-0.3, -0.25) is 9.98 Å². The molecular formula is C37H58N4O4S. The van der Waals surface area contributed by atoms with Gasteiger partial charge in [-0.25, -0.2) is 9.59 Å².